The smallest absolute Gasteiger partial charge is 0.0999 e. The van der Waals surface area contributed by atoms with Crippen molar-refractivity contribution in [1.29, 1.82) is 0 Å². The highest BCUT2D eigenvalue weighted by Crippen LogP contribution is 2.16. The van der Waals surface area contributed by atoms with Gasteiger partial charge in [0.1, 0.15) is 0 Å². The Balaban J connectivity index is 2.15. The van der Waals surface area contributed by atoms with E-state index >= 15 is 0 Å². The molecule has 4 heteroatoms. The summed E-state index contributed by atoms with van der Waals surface area (Å²) in [5.74, 6) is 0. The van der Waals surface area contributed by atoms with E-state index in [9.17, 15) is 0 Å². The van der Waals surface area contributed by atoms with Gasteiger partial charge in [-0.05, 0) is 12.2 Å². The normalized spacial score (nSPS) is 20.2. The minimum atomic E-state index is 0.760. The van der Waals surface area contributed by atoms with E-state index < -0.39 is 0 Å². The predicted molar refractivity (Wildman–Crippen MR) is 73.7 cm³/mol. The zero-order valence-corrected chi connectivity index (χ0v) is 10.2. The molecule has 0 aliphatic heterocycles. The molecule has 16 heavy (non-hydrogen) atoms. The molecule has 0 N–H and O–H groups in total. The van der Waals surface area contributed by atoms with E-state index in [1.54, 1.807) is 0 Å². The number of nitrogens with zero attached hydrogens (tertiary/aromatic N) is 2. The summed E-state index contributed by atoms with van der Waals surface area (Å²) >= 11 is 10.4. The molecule has 2 nitrogen and oxygen atoms in total. The summed E-state index contributed by atoms with van der Waals surface area (Å²) in [6.45, 7) is 0. The Morgan fingerprint density at radius 2 is 1.25 bits per heavy atom. The highest BCUT2D eigenvalue weighted by atomic mass is 32.1. The predicted octanol–water partition coefficient (Wildman–Crippen LogP) is 3.87. The molecular weight excluding hydrogens is 236 g/mol. The second kappa shape index (κ2) is 5.18. The van der Waals surface area contributed by atoms with Crippen LogP contribution in [0.2, 0.25) is 0 Å². The molecule has 0 radical (unpaired) electrons. The van der Waals surface area contributed by atoms with Crippen LogP contribution in [0, 0.1) is 0 Å². The van der Waals surface area contributed by atoms with Gasteiger partial charge < -0.3 is 0 Å². The van der Waals surface area contributed by atoms with Crippen molar-refractivity contribution in [1.82, 2.24) is 0 Å². The first-order valence-electron chi connectivity index (χ1n) is 4.99. The van der Waals surface area contributed by atoms with Crippen LogP contribution in [0.4, 0.5) is 0 Å². The van der Waals surface area contributed by atoms with Crippen molar-refractivity contribution in [3.8, 4) is 0 Å². The number of rotatable bonds is 2. The van der Waals surface area contributed by atoms with Gasteiger partial charge in [0.25, 0.3) is 0 Å². The SMILES string of the molecule is S=C1CC=CC=C1N=NC1=CC=CCC1=S. The van der Waals surface area contributed by atoms with Crippen molar-refractivity contribution in [2.45, 2.75) is 12.8 Å². The summed E-state index contributed by atoms with van der Waals surface area (Å²) in [5.41, 5.74) is 1.52. The average Bonchev–Trinajstić information content (AvgIpc) is 2.30. The lowest BCUT2D eigenvalue weighted by Crippen LogP contribution is -2.01. The number of allylic oxidation sites excluding steroid dienone is 8. The summed E-state index contributed by atoms with van der Waals surface area (Å²) in [7, 11) is 0. The third-order valence-corrected chi connectivity index (χ3v) is 2.98. The first-order chi connectivity index (χ1) is 7.77. The maximum absolute atomic E-state index is 5.18. The molecule has 0 amide bonds. The molecule has 0 spiro atoms. The number of thiocarbonyl (C=S) groups is 2. The second-order valence-corrected chi connectivity index (χ2v) is 4.40. The number of azo groups is 1. The Hall–Kier alpha value is -1.26. The fraction of sp³-hybridized carbons (Fsp3) is 0.167. The summed E-state index contributed by atoms with van der Waals surface area (Å²) < 4.78 is 0. The standard InChI is InChI=1S/C12H10N2S2/c15-11-7-3-1-5-9(11)13-14-10-6-2-4-8-12(10)16/h1-6H,7-8H2. The van der Waals surface area contributed by atoms with Gasteiger partial charge in [-0.15, -0.1) is 10.2 Å². The van der Waals surface area contributed by atoms with Crippen LogP contribution in [0.3, 0.4) is 0 Å². The van der Waals surface area contributed by atoms with Gasteiger partial charge in [0.05, 0.1) is 11.4 Å². The number of hydrogen-bond donors (Lipinski definition) is 0. The average molecular weight is 246 g/mol. The van der Waals surface area contributed by atoms with Crippen LogP contribution < -0.4 is 0 Å². The van der Waals surface area contributed by atoms with Crippen molar-refractivity contribution in [2.75, 3.05) is 0 Å². The lowest BCUT2D eigenvalue weighted by atomic mass is 10.1. The molecule has 0 bridgehead atoms. The molecule has 0 aromatic rings. The van der Waals surface area contributed by atoms with Crippen molar-refractivity contribution in [3.63, 3.8) is 0 Å². The van der Waals surface area contributed by atoms with E-state index in [-0.39, 0.29) is 0 Å². The highest BCUT2D eigenvalue weighted by molar-refractivity contribution is 7.81. The van der Waals surface area contributed by atoms with Crippen LogP contribution in [-0.4, -0.2) is 9.73 Å². The van der Waals surface area contributed by atoms with E-state index in [4.69, 9.17) is 24.4 Å². The van der Waals surface area contributed by atoms with E-state index in [1.807, 2.05) is 36.5 Å². The van der Waals surface area contributed by atoms with Crippen molar-refractivity contribution in [2.24, 2.45) is 10.2 Å². The Kier molecular flexibility index (Phi) is 3.64. The van der Waals surface area contributed by atoms with Gasteiger partial charge in [0.15, 0.2) is 0 Å². The Morgan fingerprint density at radius 1 is 0.812 bits per heavy atom. The third kappa shape index (κ3) is 2.65. The highest BCUT2D eigenvalue weighted by Gasteiger charge is 2.08. The molecule has 0 aromatic heterocycles. The van der Waals surface area contributed by atoms with Crippen LogP contribution in [0.15, 0.2) is 58.1 Å². The molecule has 0 saturated heterocycles. The molecule has 2 aliphatic rings. The third-order valence-electron chi connectivity index (χ3n) is 2.22. The van der Waals surface area contributed by atoms with Gasteiger partial charge in [-0.1, -0.05) is 48.7 Å². The van der Waals surface area contributed by atoms with E-state index in [2.05, 4.69) is 10.2 Å². The van der Waals surface area contributed by atoms with Crippen LogP contribution in [0.1, 0.15) is 12.8 Å². The van der Waals surface area contributed by atoms with E-state index in [1.165, 1.54) is 0 Å². The molecule has 2 rings (SSSR count). The molecule has 0 atom stereocenters. The first-order valence-corrected chi connectivity index (χ1v) is 5.81. The Labute approximate surface area is 105 Å². The summed E-state index contributed by atoms with van der Waals surface area (Å²) in [6.07, 6.45) is 13.2. The van der Waals surface area contributed by atoms with Gasteiger partial charge in [0.2, 0.25) is 0 Å². The molecular formula is C12H10N2S2. The maximum atomic E-state index is 5.18. The first kappa shape index (κ1) is 11.2. The molecule has 2 aliphatic carbocycles. The van der Waals surface area contributed by atoms with Crippen LogP contribution >= 0.6 is 24.4 Å². The molecule has 0 fully saturated rings. The molecule has 80 valence electrons. The minimum Gasteiger partial charge on any atom is -0.149 e. The zero-order valence-electron chi connectivity index (χ0n) is 8.59. The second-order valence-electron chi connectivity index (χ2n) is 3.41. The van der Waals surface area contributed by atoms with Crippen LogP contribution in [0.25, 0.3) is 0 Å². The van der Waals surface area contributed by atoms with Crippen LogP contribution in [-0.2, 0) is 0 Å². The van der Waals surface area contributed by atoms with Crippen molar-refractivity contribution >= 4 is 34.2 Å². The van der Waals surface area contributed by atoms with E-state index in [0.29, 0.717) is 0 Å². The topological polar surface area (TPSA) is 24.7 Å². The van der Waals surface area contributed by atoms with Gasteiger partial charge in [-0.2, -0.15) is 0 Å². The quantitative estimate of drug-likeness (QED) is 0.546. The summed E-state index contributed by atoms with van der Waals surface area (Å²) in [5, 5.41) is 8.28. The van der Waals surface area contributed by atoms with E-state index in [0.717, 1.165) is 34.0 Å². The minimum absolute atomic E-state index is 0.760. The summed E-state index contributed by atoms with van der Waals surface area (Å²) in [4.78, 5) is 1.65. The van der Waals surface area contributed by atoms with Crippen molar-refractivity contribution in [3.05, 3.63) is 47.9 Å². The van der Waals surface area contributed by atoms with Crippen molar-refractivity contribution < 1.29 is 0 Å². The zero-order chi connectivity index (χ0) is 11.4. The molecule has 0 aromatic carbocycles. The van der Waals surface area contributed by atoms with Gasteiger partial charge >= 0.3 is 0 Å². The molecule has 0 unspecified atom stereocenters. The fourth-order valence-corrected chi connectivity index (χ4v) is 1.76. The van der Waals surface area contributed by atoms with Gasteiger partial charge in [-0.3, -0.25) is 0 Å². The molecule has 0 heterocycles. The molecule has 0 saturated carbocycles. The van der Waals surface area contributed by atoms with Crippen LogP contribution in [0.5, 0.6) is 0 Å². The monoisotopic (exact) mass is 246 g/mol. The largest absolute Gasteiger partial charge is 0.149 e. The summed E-state index contributed by atoms with van der Waals surface area (Å²) in [6, 6.07) is 0. The fourth-order valence-electron chi connectivity index (χ4n) is 1.35. The lowest BCUT2D eigenvalue weighted by Gasteiger charge is -2.06. The van der Waals surface area contributed by atoms with Gasteiger partial charge in [-0.25, -0.2) is 0 Å². The van der Waals surface area contributed by atoms with Gasteiger partial charge in [0, 0.05) is 22.6 Å². The maximum Gasteiger partial charge on any atom is 0.0999 e. The lowest BCUT2D eigenvalue weighted by molar-refractivity contribution is 1.13. The number of hydrogen-bond acceptors (Lipinski definition) is 4. The Bertz CT molecular complexity index is 435. The Morgan fingerprint density at radius 3 is 1.62 bits per heavy atom.